The Kier molecular flexibility index (Phi) is 5.33. The third kappa shape index (κ3) is 3.81. The Labute approximate surface area is 126 Å². The Morgan fingerprint density at radius 1 is 1.43 bits per heavy atom. The van der Waals surface area contributed by atoms with Crippen LogP contribution >= 0.6 is 0 Å². The van der Waals surface area contributed by atoms with Gasteiger partial charge in [-0.2, -0.15) is 0 Å². The monoisotopic (exact) mass is 291 g/mol. The molecule has 2 atom stereocenters. The minimum Gasteiger partial charge on any atom is -0.384 e. The lowest BCUT2D eigenvalue weighted by molar-refractivity contribution is -0.123. The fraction of sp³-hybridized carbons (Fsp3) is 0.562. The van der Waals surface area contributed by atoms with Crippen LogP contribution in [-0.2, 0) is 15.1 Å². The molecule has 21 heavy (non-hydrogen) atoms. The van der Waals surface area contributed by atoms with Crippen LogP contribution in [-0.4, -0.2) is 44.2 Å². The number of carbonyl (C=O) groups excluding carboxylic acids is 1. The van der Waals surface area contributed by atoms with Crippen molar-refractivity contribution in [2.45, 2.75) is 18.4 Å². The molecule has 0 radical (unpaired) electrons. The van der Waals surface area contributed by atoms with Gasteiger partial charge in [0.1, 0.15) is 5.54 Å². The molecule has 1 aliphatic heterocycles. The van der Waals surface area contributed by atoms with Gasteiger partial charge < -0.3 is 21.1 Å². The topological polar surface area (TPSA) is 81.6 Å². The summed E-state index contributed by atoms with van der Waals surface area (Å²) in [5.74, 6) is 0.105. The van der Waals surface area contributed by atoms with Crippen LogP contribution in [0.15, 0.2) is 30.3 Å². The molecule has 5 heteroatoms. The van der Waals surface area contributed by atoms with Gasteiger partial charge in [-0.25, -0.2) is 0 Å². The SMILES string of the molecule is COCC1CCN(CCC(N)(C(N)=O)c2ccccc2)C1. The maximum absolute atomic E-state index is 11.9. The van der Waals surface area contributed by atoms with E-state index >= 15 is 0 Å². The highest BCUT2D eigenvalue weighted by Crippen LogP contribution is 2.24. The van der Waals surface area contributed by atoms with Crippen LogP contribution in [0, 0.1) is 5.92 Å². The zero-order chi connectivity index (χ0) is 15.3. The molecule has 1 aliphatic rings. The van der Waals surface area contributed by atoms with Crippen LogP contribution in [0.5, 0.6) is 0 Å². The first-order valence-corrected chi connectivity index (χ1v) is 7.42. The minimum absolute atomic E-state index is 0.471. The van der Waals surface area contributed by atoms with Gasteiger partial charge in [0.2, 0.25) is 5.91 Å². The van der Waals surface area contributed by atoms with Gasteiger partial charge in [0.05, 0.1) is 6.61 Å². The van der Waals surface area contributed by atoms with E-state index in [1.165, 1.54) is 0 Å². The second-order valence-electron chi connectivity index (χ2n) is 5.86. The summed E-state index contributed by atoms with van der Waals surface area (Å²) >= 11 is 0. The number of carbonyl (C=O) groups is 1. The van der Waals surface area contributed by atoms with Crippen LogP contribution in [0.3, 0.4) is 0 Å². The first-order chi connectivity index (χ1) is 10.1. The molecule has 2 rings (SSSR count). The molecular formula is C16H25N3O2. The molecule has 1 saturated heterocycles. The van der Waals surface area contributed by atoms with Crippen molar-refractivity contribution in [3.05, 3.63) is 35.9 Å². The fourth-order valence-electron chi connectivity index (χ4n) is 2.97. The summed E-state index contributed by atoms with van der Waals surface area (Å²) in [7, 11) is 1.73. The summed E-state index contributed by atoms with van der Waals surface area (Å²) in [6.07, 6.45) is 1.67. The van der Waals surface area contributed by atoms with Crippen molar-refractivity contribution in [3.63, 3.8) is 0 Å². The summed E-state index contributed by atoms with van der Waals surface area (Å²) in [4.78, 5) is 14.2. The Morgan fingerprint density at radius 2 is 2.14 bits per heavy atom. The number of ether oxygens (including phenoxy) is 1. The Hall–Kier alpha value is -1.43. The van der Waals surface area contributed by atoms with E-state index in [4.69, 9.17) is 16.2 Å². The Balaban J connectivity index is 1.97. The lowest BCUT2D eigenvalue weighted by atomic mass is 9.87. The predicted octanol–water partition coefficient (Wildman–Crippen LogP) is 0.684. The van der Waals surface area contributed by atoms with Gasteiger partial charge in [-0.1, -0.05) is 30.3 Å². The van der Waals surface area contributed by atoms with Gasteiger partial charge in [-0.3, -0.25) is 4.79 Å². The van der Waals surface area contributed by atoms with Crippen LogP contribution in [0.4, 0.5) is 0 Å². The zero-order valence-corrected chi connectivity index (χ0v) is 12.6. The van der Waals surface area contributed by atoms with Gasteiger partial charge in [0, 0.05) is 20.2 Å². The number of rotatable bonds is 7. The molecule has 0 spiro atoms. The summed E-state index contributed by atoms with van der Waals surface area (Å²) in [6, 6.07) is 9.39. The summed E-state index contributed by atoms with van der Waals surface area (Å²) in [5, 5.41) is 0. The van der Waals surface area contributed by atoms with Crippen molar-refractivity contribution in [1.82, 2.24) is 4.90 Å². The van der Waals surface area contributed by atoms with Crippen LogP contribution < -0.4 is 11.5 Å². The normalized spacial score (nSPS) is 22.1. The van der Waals surface area contributed by atoms with Gasteiger partial charge in [-0.05, 0) is 30.9 Å². The molecule has 2 unspecified atom stereocenters. The maximum atomic E-state index is 11.9. The second kappa shape index (κ2) is 7.02. The lowest BCUT2D eigenvalue weighted by Crippen LogP contribution is -2.50. The van der Waals surface area contributed by atoms with Gasteiger partial charge >= 0.3 is 0 Å². The largest absolute Gasteiger partial charge is 0.384 e. The van der Waals surface area contributed by atoms with Crippen molar-refractivity contribution >= 4 is 5.91 Å². The molecule has 1 fully saturated rings. The Bertz CT molecular complexity index is 466. The molecule has 0 bridgehead atoms. The number of likely N-dealkylation sites (tertiary alicyclic amines) is 1. The van der Waals surface area contributed by atoms with Gasteiger partial charge in [-0.15, -0.1) is 0 Å². The van der Waals surface area contributed by atoms with Crippen molar-refractivity contribution in [3.8, 4) is 0 Å². The molecule has 116 valence electrons. The third-order valence-corrected chi connectivity index (χ3v) is 4.32. The van der Waals surface area contributed by atoms with Gasteiger partial charge in [0.15, 0.2) is 0 Å². The first kappa shape index (κ1) is 15.9. The Morgan fingerprint density at radius 3 is 2.76 bits per heavy atom. The van der Waals surface area contributed by atoms with E-state index in [9.17, 15) is 4.79 Å². The van der Waals surface area contributed by atoms with E-state index in [1.54, 1.807) is 7.11 Å². The quantitative estimate of drug-likeness (QED) is 0.774. The number of primary amides is 1. The lowest BCUT2D eigenvalue weighted by Gasteiger charge is -2.29. The second-order valence-corrected chi connectivity index (χ2v) is 5.86. The standard InChI is InChI=1S/C16H25N3O2/c1-21-12-13-7-9-19(11-13)10-8-16(18,15(17)20)14-5-3-2-4-6-14/h2-6,13H,7-12,18H2,1H3,(H2,17,20). The van der Waals surface area contributed by atoms with E-state index in [2.05, 4.69) is 4.90 Å². The molecule has 5 nitrogen and oxygen atoms in total. The summed E-state index contributed by atoms with van der Waals surface area (Å²) in [6.45, 7) is 3.59. The molecule has 0 aromatic heterocycles. The molecule has 0 saturated carbocycles. The fourth-order valence-corrected chi connectivity index (χ4v) is 2.97. The smallest absolute Gasteiger partial charge is 0.242 e. The summed E-state index contributed by atoms with van der Waals surface area (Å²) in [5.41, 5.74) is 11.6. The van der Waals surface area contributed by atoms with E-state index in [0.29, 0.717) is 12.3 Å². The number of methoxy groups -OCH3 is 1. The number of benzene rings is 1. The molecule has 4 N–H and O–H groups in total. The van der Waals surface area contributed by atoms with Gasteiger partial charge in [0.25, 0.3) is 0 Å². The number of hydrogen-bond acceptors (Lipinski definition) is 4. The van der Waals surface area contributed by atoms with Crippen LogP contribution in [0.2, 0.25) is 0 Å². The van der Waals surface area contributed by atoms with Crippen LogP contribution in [0.25, 0.3) is 0 Å². The number of nitrogens with zero attached hydrogens (tertiary/aromatic N) is 1. The molecular weight excluding hydrogens is 266 g/mol. The minimum atomic E-state index is -1.10. The predicted molar refractivity (Wildman–Crippen MR) is 82.5 cm³/mol. The number of amides is 1. The average molecular weight is 291 g/mol. The maximum Gasteiger partial charge on any atom is 0.242 e. The first-order valence-electron chi connectivity index (χ1n) is 7.42. The molecule has 1 aromatic rings. The van der Waals surface area contributed by atoms with E-state index in [1.807, 2.05) is 30.3 Å². The number of nitrogens with two attached hydrogens (primary N) is 2. The molecule has 1 amide bonds. The number of hydrogen-bond donors (Lipinski definition) is 2. The third-order valence-electron chi connectivity index (χ3n) is 4.32. The highest BCUT2D eigenvalue weighted by atomic mass is 16.5. The summed E-state index contributed by atoms with van der Waals surface area (Å²) < 4.78 is 5.20. The van der Waals surface area contributed by atoms with Crippen LogP contribution in [0.1, 0.15) is 18.4 Å². The highest BCUT2D eigenvalue weighted by molar-refractivity contribution is 5.85. The molecule has 1 heterocycles. The highest BCUT2D eigenvalue weighted by Gasteiger charge is 2.35. The zero-order valence-electron chi connectivity index (χ0n) is 12.6. The van der Waals surface area contributed by atoms with E-state index in [0.717, 1.165) is 38.2 Å². The van der Waals surface area contributed by atoms with Crippen molar-refractivity contribution in [1.29, 1.82) is 0 Å². The van der Waals surface area contributed by atoms with Crippen molar-refractivity contribution in [2.24, 2.45) is 17.4 Å². The molecule has 1 aromatic carbocycles. The van der Waals surface area contributed by atoms with E-state index < -0.39 is 11.4 Å². The molecule has 0 aliphatic carbocycles. The van der Waals surface area contributed by atoms with Crippen molar-refractivity contribution in [2.75, 3.05) is 33.4 Å². The average Bonchev–Trinajstić information content (AvgIpc) is 2.93. The van der Waals surface area contributed by atoms with E-state index in [-0.39, 0.29) is 0 Å². The van der Waals surface area contributed by atoms with Crippen molar-refractivity contribution < 1.29 is 9.53 Å².